The zero-order valence-electron chi connectivity index (χ0n) is 14.8. The lowest BCUT2D eigenvalue weighted by Gasteiger charge is -2.26. The number of rotatable bonds is 6. The molecule has 3 rings (SSSR count). The Labute approximate surface area is 148 Å². The molecule has 1 aliphatic heterocycles. The van der Waals surface area contributed by atoms with E-state index in [1.807, 2.05) is 55.5 Å². The first-order valence-electron chi connectivity index (χ1n) is 8.92. The molecule has 0 spiro atoms. The maximum atomic E-state index is 12.8. The summed E-state index contributed by atoms with van der Waals surface area (Å²) in [4.78, 5) is 27.2. The lowest BCUT2D eigenvalue weighted by Crippen LogP contribution is -2.44. The van der Waals surface area contributed by atoms with Crippen molar-refractivity contribution in [2.24, 2.45) is 0 Å². The summed E-state index contributed by atoms with van der Waals surface area (Å²) in [5.74, 6) is -0.169. The third-order valence-electron chi connectivity index (χ3n) is 4.72. The number of carbonyl (C=O) groups excluding carboxylic acids is 2. The zero-order chi connectivity index (χ0) is 17.8. The summed E-state index contributed by atoms with van der Waals surface area (Å²) in [6.07, 6.45) is 2.46. The van der Waals surface area contributed by atoms with Crippen LogP contribution >= 0.6 is 0 Å². The second-order valence-corrected chi connectivity index (χ2v) is 6.43. The molecule has 130 valence electrons. The van der Waals surface area contributed by atoms with Gasteiger partial charge in [0, 0.05) is 17.8 Å². The molecule has 4 nitrogen and oxygen atoms in total. The summed E-state index contributed by atoms with van der Waals surface area (Å²) in [6, 6.07) is 15.0. The molecule has 0 aliphatic carbocycles. The average Bonchev–Trinajstić information content (AvgIpc) is 2.97. The normalized spacial score (nSPS) is 14.3. The maximum Gasteiger partial charge on any atom is 0.255 e. The van der Waals surface area contributed by atoms with Crippen LogP contribution in [-0.2, 0) is 17.8 Å². The largest absolute Gasteiger partial charge is 0.324 e. The van der Waals surface area contributed by atoms with E-state index >= 15 is 0 Å². The van der Waals surface area contributed by atoms with Crippen LogP contribution in [0, 0.1) is 0 Å². The SMILES string of the molecule is CCC[C@@H](C(=O)Nc1ccc(CC)cc1)N1Cc2ccccc2C1=O. The maximum absolute atomic E-state index is 12.8. The van der Waals surface area contributed by atoms with Gasteiger partial charge < -0.3 is 10.2 Å². The first-order valence-corrected chi connectivity index (χ1v) is 8.92. The Morgan fingerprint density at radius 1 is 1.12 bits per heavy atom. The van der Waals surface area contributed by atoms with Gasteiger partial charge in [0.15, 0.2) is 0 Å². The molecule has 0 unspecified atom stereocenters. The molecule has 0 saturated carbocycles. The number of aryl methyl sites for hydroxylation is 1. The number of hydrogen-bond donors (Lipinski definition) is 1. The van der Waals surface area contributed by atoms with Crippen molar-refractivity contribution in [2.75, 3.05) is 5.32 Å². The van der Waals surface area contributed by atoms with E-state index in [4.69, 9.17) is 0 Å². The molecule has 0 saturated heterocycles. The molecular weight excluding hydrogens is 312 g/mol. The standard InChI is InChI=1S/C21H24N2O2/c1-3-7-19(20(24)22-17-12-10-15(4-2)11-13-17)23-14-16-8-5-6-9-18(16)21(23)25/h5-6,8-13,19H,3-4,7,14H2,1-2H3,(H,22,24)/t19-/m0/s1. The molecule has 0 radical (unpaired) electrons. The minimum atomic E-state index is -0.448. The zero-order valence-corrected chi connectivity index (χ0v) is 14.8. The van der Waals surface area contributed by atoms with Gasteiger partial charge >= 0.3 is 0 Å². The van der Waals surface area contributed by atoms with Crippen molar-refractivity contribution in [3.05, 3.63) is 65.2 Å². The summed E-state index contributed by atoms with van der Waals surface area (Å²) < 4.78 is 0. The van der Waals surface area contributed by atoms with Crippen molar-refractivity contribution in [2.45, 2.75) is 45.7 Å². The minimum absolute atomic E-state index is 0.0504. The van der Waals surface area contributed by atoms with Gasteiger partial charge in [-0.3, -0.25) is 9.59 Å². The van der Waals surface area contributed by atoms with E-state index in [9.17, 15) is 9.59 Å². The van der Waals surface area contributed by atoms with Crippen LogP contribution < -0.4 is 5.32 Å². The van der Waals surface area contributed by atoms with Gasteiger partial charge in [0.2, 0.25) is 5.91 Å². The Morgan fingerprint density at radius 2 is 1.84 bits per heavy atom. The van der Waals surface area contributed by atoms with Crippen LogP contribution in [0.4, 0.5) is 5.69 Å². The van der Waals surface area contributed by atoms with Crippen molar-refractivity contribution in [3.63, 3.8) is 0 Å². The Bertz CT molecular complexity index is 768. The topological polar surface area (TPSA) is 49.4 Å². The van der Waals surface area contributed by atoms with E-state index in [1.54, 1.807) is 4.90 Å². The summed E-state index contributed by atoms with van der Waals surface area (Å²) in [5, 5.41) is 2.97. The van der Waals surface area contributed by atoms with Crippen LogP contribution in [0.15, 0.2) is 48.5 Å². The predicted octanol–water partition coefficient (Wildman–Crippen LogP) is 4.01. The molecule has 25 heavy (non-hydrogen) atoms. The molecule has 0 aromatic heterocycles. The Kier molecular flexibility index (Phi) is 5.17. The van der Waals surface area contributed by atoms with Gasteiger partial charge in [-0.15, -0.1) is 0 Å². The predicted molar refractivity (Wildman–Crippen MR) is 99.5 cm³/mol. The Hall–Kier alpha value is -2.62. The van der Waals surface area contributed by atoms with Crippen LogP contribution in [0.5, 0.6) is 0 Å². The summed E-state index contributed by atoms with van der Waals surface area (Å²) in [6.45, 7) is 4.63. The van der Waals surface area contributed by atoms with Gasteiger partial charge in [-0.1, -0.05) is 50.6 Å². The van der Waals surface area contributed by atoms with E-state index in [-0.39, 0.29) is 11.8 Å². The second-order valence-electron chi connectivity index (χ2n) is 6.43. The quantitative estimate of drug-likeness (QED) is 0.866. The van der Waals surface area contributed by atoms with E-state index in [0.29, 0.717) is 18.5 Å². The van der Waals surface area contributed by atoms with Gasteiger partial charge in [-0.25, -0.2) is 0 Å². The number of anilines is 1. The molecule has 0 fully saturated rings. The van der Waals surface area contributed by atoms with Crippen molar-refractivity contribution < 1.29 is 9.59 Å². The fourth-order valence-electron chi connectivity index (χ4n) is 3.28. The number of amides is 2. The van der Waals surface area contributed by atoms with E-state index in [2.05, 4.69) is 12.2 Å². The molecule has 2 amide bonds. The third kappa shape index (κ3) is 3.58. The second kappa shape index (κ2) is 7.51. The number of fused-ring (bicyclic) bond motifs is 1. The average molecular weight is 336 g/mol. The molecule has 1 N–H and O–H groups in total. The van der Waals surface area contributed by atoms with Crippen LogP contribution in [0.1, 0.15) is 48.2 Å². The van der Waals surface area contributed by atoms with Gasteiger partial charge in [-0.05, 0) is 42.2 Å². The molecule has 1 atom stereocenters. The lowest BCUT2D eigenvalue weighted by molar-refractivity contribution is -0.120. The number of nitrogens with one attached hydrogen (secondary N) is 1. The molecule has 1 aliphatic rings. The minimum Gasteiger partial charge on any atom is -0.324 e. The molecule has 2 aromatic carbocycles. The van der Waals surface area contributed by atoms with Gasteiger partial charge in [0.05, 0.1) is 0 Å². The van der Waals surface area contributed by atoms with Gasteiger partial charge in [0.25, 0.3) is 5.91 Å². The smallest absolute Gasteiger partial charge is 0.255 e. The van der Waals surface area contributed by atoms with E-state index in [0.717, 1.165) is 24.1 Å². The summed E-state index contributed by atoms with van der Waals surface area (Å²) >= 11 is 0. The number of hydrogen-bond acceptors (Lipinski definition) is 2. The fraction of sp³-hybridized carbons (Fsp3) is 0.333. The third-order valence-corrected chi connectivity index (χ3v) is 4.72. The first kappa shape index (κ1) is 17.2. The highest BCUT2D eigenvalue weighted by Crippen LogP contribution is 2.26. The van der Waals surface area contributed by atoms with Gasteiger partial charge in [0.1, 0.15) is 6.04 Å². The molecule has 0 bridgehead atoms. The summed E-state index contributed by atoms with van der Waals surface area (Å²) in [7, 11) is 0. The fourth-order valence-corrected chi connectivity index (χ4v) is 3.28. The highest BCUT2D eigenvalue weighted by Gasteiger charge is 2.35. The number of carbonyl (C=O) groups is 2. The lowest BCUT2D eigenvalue weighted by atomic mass is 10.1. The van der Waals surface area contributed by atoms with Crippen LogP contribution in [-0.4, -0.2) is 22.8 Å². The van der Waals surface area contributed by atoms with Crippen molar-refractivity contribution >= 4 is 17.5 Å². The monoisotopic (exact) mass is 336 g/mol. The Balaban J connectivity index is 1.76. The van der Waals surface area contributed by atoms with Crippen LogP contribution in [0.2, 0.25) is 0 Å². The van der Waals surface area contributed by atoms with Crippen molar-refractivity contribution in [3.8, 4) is 0 Å². The Morgan fingerprint density at radius 3 is 2.48 bits per heavy atom. The highest BCUT2D eigenvalue weighted by molar-refractivity contribution is 6.03. The molecule has 2 aromatic rings. The van der Waals surface area contributed by atoms with Crippen molar-refractivity contribution in [1.29, 1.82) is 0 Å². The summed E-state index contributed by atoms with van der Waals surface area (Å²) in [5.41, 5.74) is 3.71. The molecular formula is C21H24N2O2. The molecule has 4 heteroatoms. The van der Waals surface area contributed by atoms with E-state index in [1.165, 1.54) is 5.56 Å². The van der Waals surface area contributed by atoms with Crippen LogP contribution in [0.25, 0.3) is 0 Å². The number of nitrogens with zero attached hydrogens (tertiary/aromatic N) is 1. The molecule has 1 heterocycles. The number of benzene rings is 2. The first-order chi connectivity index (χ1) is 12.1. The van der Waals surface area contributed by atoms with Gasteiger partial charge in [-0.2, -0.15) is 0 Å². The van der Waals surface area contributed by atoms with E-state index < -0.39 is 6.04 Å². The highest BCUT2D eigenvalue weighted by atomic mass is 16.2. The van der Waals surface area contributed by atoms with Crippen molar-refractivity contribution in [1.82, 2.24) is 4.90 Å². The van der Waals surface area contributed by atoms with Crippen LogP contribution in [0.3, 0.4) is 0 Å².